The summed E-state index contributed by atoms with van der Waals surface area (Å²) in [7, 11) is 0. The van der Waals surface area contributed by atoms with Crippen LogP contribution in [-0.4, -0.2) is 11.9 Å². The molecule has 0 aliphatic heterocycles. The molecule has 1 heterocycles. The van der Waals surface area contributed by atoms with E-state index >= 15 is 0 Å². The van der Waals surface area contributed by atoms with Crippen LogP contribution in [0.4, 0.5) is 0 Å². The standard InChI is InChI=1S/C27H41NOS/c1-3-4-5-6-7-8-9-10-11-12-13-14-15-16-17-18-19-20-27(29)28-25(2)23-26-21-22-30-24-26/h7-8,10-11,13-14,16-17,21-22,24-25H,3-6,9,12,15,18-20,23H2,1-2H3,(H,28,29)/b8-7-,11-10-,14-13-,17-16-. The Morgan fingerprint density at radius 2 is 1.53 bits per heavy atom. The number of allylic oxidation sites excluding steroid dienone is 8. The van der Waals surface area contributed by atoms with Crippen LogP contribution >= 0.6 is 11.3 Å². The van der Waals surface area contributed by atoms with Crippen molar-refractivity contribution in [2.45, 2.75) is 90.5 Å². The normalized spacial score (nSPS) is 13.3. The molecule has 0 aromatic carbocycles. The number of amides is 1. The fourth-order valence-corrected chi connectivity index (χ4v) is 3.78. The molecule has 0 aliphatic carbocycles. The Balaban J connectivity index is 1.95. The van der Waals surface area contributed by atoms with Gasteiger partial charge in [-0.3, -0.25) is 4.79 Å². The van der Waals surface area contributed by atoms with E-state index in [1.807, 2.05) is 0 Å². The quantitative estimate of drug-likeness (QED) is 0.198. The number of thiophene rings is 1. The number of carbonyl (C=O) groups is 1. The second kappa shape index (κ2) is 19.1. The molecule has 30 heavy (non-hydrogen) atoms. The van der Waals surface area contributed by atoms with Gasteiger partial charge < -0.3 is 5.32 Å². The minimum Gasteiger partial charge on any atom is -0.353 e. The summed E-state index contributed by atoms with van der Waals surface area (Å²) < 4.78 is 0. The van der Waals surface area contributed by atoms with Crippen LogP contribution in [0.2, 0.25) is 0 Å². The van der Waals surface area contributed by atoms with Crippen molar-refractivity contribution in [3.05, 3.63) is 71.0 Å². The first-order chi connectivity index (χ1) is 14.7. The lowest BCUT2D eigenvalue weighted by atomic mass is 10.1. The van der Waals surface area contributed by atoms with Crippen molar-refractivity contribution in [3.63, 3.8) is 0 Å². The molecule has 2 nitrogen and oxygen atoms in total. The van der Waals surface area contributed by atoms with Crippen molar-refractivity contribution in [1.82, 2.24) is 5.32 Å². The van der Waals surface area contributed by atoms with Crippen LogP contribution in [0.25, 0.3) is 0 Å². The lowest BCUT2D eigenvalue weighted by Crippen LogP contribution is -2.33. The lowest BCUT2D eigenvalue weighted by Gasteiger charge is -2.12. The summed E-state index contributed by atoms with van der Waals surface area (Å²) in [5.74, 6) is 0.161. The predicted octanol–water partition coefficient (Wildman–Crippen LogP) is 7.94. The molecule has 1 atom stereocenters. The van der Waals surface area contributed by atoms with Crippen molar-refractivity contribution < 1.29 is 4.79 Å². The average Bonchev–Trinajstić information content (AvgIpc) is 3.23. The predicted molar refractivity (Wildman–Crippen MR) is 134 cm³/mol. The molecule has 0 saturated carbocycles. The molecule has 166 valence electrons. The van der Waals surface area contributed by atoms with Gasteiger partial charge in [0.15, 0.2) is 0 Å². The summed E-state index contributed by atoms with van der Waals surface area (Å²) in [6.07, 6.45) is 29.4. The van der Waals surface area contributed by atoms with Gasteiger partial charge in [-0.2, -0.15) is 11.3 Å². The topological polar surface area (TPSA) is 29.1 Å². The highest BCUT2D eigenvalue weighted by atomic mass is 32.1. The Labute approximate surface area is 188 Å². The fraction of sp³-hybridized carbons (Fsp3) is 0.519. The summed E-state index contributed by atoms with van der Waals surface area (Å²) in [6.45, 7) is 4.31. The van der Waals surface area contributed by atoms with Crippen LogP contribution in [0.5, 0.6) is 0 Å². The monoisotopic (exact) mass is 427 g/mol. The van der Waals surface area contributed by atoms with Crippen LogP contribution in [-0.2, 0) is 11.2 Å². The second-order valence-electron chi connectivity index (χ2n) is 7.79. The van der Waals surface area contributed by atoms with E-state index in [1.54, 1.807) is 11.3 Å². The first kappa shape index (κ1) is 26.2. The third-order valence-electron chi connectivity index (χ3n) is 4.76. The minimum atomic E-state index is 0.161. The van der Waals surface area contributed by atoms with Crippen molar-refractivity contribution in [3.8, 4) is 0 Å². The highest BCUT2D eigenvalue weighted by molar-refractivity contribution is 7.07. The van der Waals surface area contributed by atoms with Gasteiger partial charge in [0.05, 0.1) is 0 Å². The van der Waals surface area contributed by atoms with Gasteiger partial charge in [0.25, 0.3) is 0 Å². The molecule has 1 aromatic rings. The zero-order chi connectivity index (χ0) is 21.7. The molecular formula is C27H41NOS. The maximum Gasteiger partial charge on any atom is 0.220 e. The molecule has 1 rings (SSSR count). The van der Waals surface area contributed by atoms with E-state index in [0.29, 0.717) is 6.42 Å². The van der Waals surface area contributed by atoms with E-state index in [9.17, 15) is 4.79 Å². The average molecular weight is 428 g/mol. The van der Waals surface area contributed by atoms with Gasteiger partial charge in [0.2, 0.25) is 5.91 Å². The number of rotatable bonds is 17. The minimum absolute atomic E-state index is 0.161. The van der Waals surface area contributed by atoms with Gasteiger partial charge in [-0.1, -0.05) is 68.4 Å². The SMILES string of the molecule is CCCCC/C=C\C/C=C\C/C=C\C/C=C\CCCC(=O)NC(C)Cc1ccsc1. The highest BCUT2D eigenvalue weighted by Gasteiger charge is 2.07. The molecule has 0 aliphatic rings. The van der Waals surface area contributed by atoms with Crippen LogP contribution in [0, 0.1) is 0 Å². The molecule has 0 spiro atoms. The Bertz CT molecular complexity index is 640. The van der Waals surface area contributed by atoms with Crippen LogP contribution in [0.3, 0.4) is 0 Å². The number of unbranched alkanes of at least 4 members (excludes halogenated alkanes) is 4. The Morgan fingerprint density at radius 3 is 2.10 bits per heavy atom. The Hall–Kier alpha value is -1.87. The summed E-state index contributed by atoms with van der Waals surface area (Å²) in [5, 5.41) is 7.32. The Kier molecular flexibility index (Phi) is 16.7. The number of hydrogen-bond acceptors (Lipinski definition) is 2. The first-order valence-electron chi connectivity index (χ1n) is 11.6. The van der Waals surface area contributed by atoms with Crippen LogP contribution in [0.1, 0.15) is 83.6 Å². The van der Waals surface area contributed by atoms with E-state index in [2.05, 4.69) is 84.6 Å². The molecule has 0 bridgehead atoms. The number of nitrogens with one attached hydrogen (secondary N) is 1. The van der Waals surface area contributed by atoms with Gasteiger partial charge in [0, 0.05) is 12.5 Å². The van der Waals surface area contributed by atoms with E-state index in [4.69, 9.17) is 0 Å². The molecule has 1 aromatic heterocycles. The second-order valence-corrected chi connectivity index (χ2v) is 8.57. The number of hydrogen-bond donors (Lipinski definition) is 1. The summed E-state index contributed by atoms with van der Waals surface area (Å²) in [4.78, 5) is 12.0. The van der Waals surface area contributed by atoms with Crippen molar-refractivity contribution in [1.29, 1.82) is 0 Å². The molecule has 0 saturated heterocycles. The Morgan fingerprint density at radius 1 is 0.933 bits per heavy atom. The van der Waals surface area contributed by atoms with Gasteiger partial charge in [-0.05, 0) is 80.7 Å². The third-order valence-corrected chi connectivity index (χ3v) is 5.49. The molecule has 1 unspecified atom stereocenters. The molecule has 1 N–H and O–H groups in total. The maximum atomic E-state index is 12.0. The van der Waals surface area contributed by atoms with E-state index in [1.165, 1.54) is 31.2 Å². The van der Waals surface area contributed by atoms with Crippen molar-refractivity contribution >= 4 is 17.2 Å². The fourth-order valence-electron chi connectivity index (χ4n) is 3.10. The maximum absolute atomic E-state index is 12.0. The number of carbonyl (C=O) groups excluding carboxylic acids is 1. The van der Waals surface area contributed by atoms with E-state index < -0.39 is 0 Å². The summed E-state index contributed by atoms with van der Waals surface area (Å²) in [5.41, 5.74) is 1.30. The van der Waals surface area contributed by atoms with Gasteiger partial charge in [0.1, 0.15) is 0 Å². The zero-order valence-corrected chi connectivity index (χ0v) is 19.8. The molecular weight excluding hydrogens is 386 g/mol. The third kappa shape index (κ3) is 16.0. The largest absolute Gasteiger partial charge is 0.353 e. The molecule has 0 fully saturated rings. The zero-order valence-electron chi connectivity index (χ0n) is 19.0. The lowest BCUT2D eigenvalue weighted by molar-refractivity contribution is -0.121. The van der Waals surface area contributed by atoms with Crippen molar-refractivity contribution in [2.75, 3.05) is 0 Å². The summed E-state index contributed by atoms with van der Waals surface area (Å²) >= 11 is 1.70. The highest BCUT2D eigenvalue weighted by Crippen LogP contribution is 2.09. The van der Waals surface area contributed by atoms with Gasteiger partial charge >= 0.3 is 0 Å². The first-order valence-corrected chi connectivity index (χ1v) is 12.6. The smallest absolute Gasteiger partial charge is 0.220 e. The van der Waals surface area contributed by atoms with Crippen LogP contribution in [0.15, 0.2) is 65.4 Å². The molecule has 1 amide bonds. The van der Waals surface area contributed by atoms with E-state index in [-0.39, 0.29) is 11.9 Å². The van der Waals surface area contributed by atoms with Gasteiger partial charge in [-0.25, -0.2) is 0 Å². The van der Waals surface area contributed by atoms with Gasteiger partial charge in [-0.15, -0.1) is 0 Å². The molecule has 3 heteroatoms. The van der Waals surface area contributed by atoms with E-state index in [0.717, 1.165) is 38.5 Å². The van der Waals surface area contributed by atoms with Crippen LogP contribution < -0.4 is 5.32 Å². The summed E-state index contributed by atoms with van der Waals surface area (Å²) in [6, 6.07) is 2.32. The van der Waals surface area contributed by atoms with Crippen molar-refractivity contribution in [2.24, 2.45) is 0 Å². The molecule has 0 radical (unpaired) electrons.